The summed E-state index contributed by atoms with van der Waals surface area (Å²) >= 11 is 0. The Morgan fingerprint density at radius 2 is 2.25 bits per heavy atom. The van der Waals surface area contributed by atoms with Gasteiger partial charge in [0.1, 0.15) is 5.75 Å². The van der Waals surface area contributed by atoms with Crippen LogP contribution >= 0.6 is 0 Å². The predicted octanol–water partition coefficient (Wildman–Crippen LogP) is 1.66. The molecule has 1 fully saturated rings. The highest BCUT2D eigenvalue weighted by Gasteiger charge is 2.32. The lowest BCUT2D eigenvalue weighted by molar-refractivity contribution is -0.136. The molecule has 4 heteroatoms. The highest BCUT2D eigenvalue weighted by atomic mass is 16.3. The van der Waals surface area contributed by atoms with Crippen molar-refractivity contribution in [1.82, 2.24) is 10.2 Å². The van der Waals surface area contributed by atoms with Gasteiger partial charge in [0.25, 0.3) is 0 Å². The molecule has 4 nitrogen and oxygen atoms in total. The number of rotatable bonds is 1. The molecular formula is C16H22N2O2. The number of hydrogen-bond acceptors (Lipinski definition) is 3. The highest BCUT2D eigenvalue weighted by molar-refractivity contribution is 5.82. The van der Waals surface area contributed by atoms with Crippen molar-refractivity contribution in [1.29, 1.82) is 0 Å². The second-order valence-corrected chi connectivity index (χ2v) is 6.01. The molecule has 2 aliphatic rings. The SMILES string of the molecule is CC1CCCNC1C(=O)N1CCc2ccc(O)cc2C1. The maximum atomic E-state index is 12.7. The Labute approximate surface area is 119 Å². The fourth-order valence-corrected chi connectivity index (χ4v) is 3.31. The van der Waals surface area contributed by atoms with Crippen molar-refractivity contribution in [2.24, 2.45) is 5.92 Å². The van der Waals surface area contributed by atoms with Crippen LogP contribution in [-0.2, 0) is 17.8 Å². The number of nitrogens with one attached hydrogen (secondary N) is 1. The standard InChI is InChI=1S/C16H22N2O2/c1-11-3-2-7-17-15(11)16(20)18-8-6-12-4-5-14(19)9-13(12)10-18/h4-5,9,11,15,17,19H,2-3,6-8,10H2,1H3. The summed E-state index contributed by atoms with van der Waals surface area (Å²) in [5.41, 5.74) is 2.32. The Balaban J connectivity index is 1.74. The highest BCUT2D eigenvalue weighted by Crippen LogP contribution is 2.25. The first-order chi connectivity index (χ1) is 9.65. The van der Waals surface area contributed by atoms with E-state index in [9.17, 15) is 9.90 Å². The van der Waals surface area contributed by atoms with E-state index in [0.29, 0.717) is 12.5 Å². The van der Waals surface area contributed by atoms with Gasteiger partial charge in [0.2, 0.25) is 5.91 Å². The van der Waals surface area contributed by atoms with Gasteiger partial charge in [-0.25, -0.2) is 0 Å². The lowest BCUT2D eigenvalue weighted by Gasteiger charge is -2.36. The molecule has 20 heavy (non-hydrogen) atoms. The maximum absolute atomic E-state index is 12.7. The predicted molar refractivity (Wildman–Crippen MR) is 77.4 cm³/mol. The van der Waals surface area contributed by atoms with Crippen molar-refractivity contribution in [2.45, 2.75) is 38.8 Å². The largest absolute Gasteiger partial charge is 0.508 e. The number of nitrogens with zero attached hydrogens (tertiary/aromatic N) is 1. The minimum Gasteiger partial charge on any atom is -0.508 e. The smallest absolute Gasteiger partial charge is 0.240 e. The molecule has 0 spiro atoms. The fraction of sp³-hybridized carbons (Fsp3) is 0.562. The molecule has 1 aromatic carbocycles. The lowest BCUT2D eigenvalue weighted by atomic mass is 9.90. The van der Waals surface area contributed by atoms with E-state index >= 15 is 0 Å². The van der Waals surface area contributed by atoms with Crippen LogP contribution in [0.3, 0.4) is 0 Å². The summed E-state index contributed by atoms with van der Waals surface area (Å²) in [5, 5.41) is 12.9. The third-order valence-corrected chi connectivity index (χ3v) is 4.55. The molecule has 2 heterocycles. The van der Waals surface area contributed by atoms with Gasteiger partial charge in [-0.05, 0) is 55.0 Å². The van der Waals surface area contributed by atoms with Gasteiger partial charge in [-0.3, -0.25) is 4.79 Å². The van der Waals surface area contributed by atoms with Gasteiger partial charge in [-0.2, -0.15) is 0 Å². The number of carbonyl (C=O) groups excluding carboxylic acids is 1. The van der Waals surface area contributed by atoms with E-state index in [-0.39, 0.29) is 17.7 Å². The molecule has 2 N–H and O–H groups in total. The second kappa shape index (κ2) is 5.44. The summed E-state index contributed by atoms with van der Waals surface area (Å²) in [6, 6.07) is 5.43. The van der Waals surface area contributed by atoms with E-state index in [1.165, 1.54) is 5.56 Å². The molecule has 108 valence electrons. The van der Waals surface area contributed by atoms with Crippen LogP contribution < -0.4 is 5.32 Å². The quantitative estimate of drug-likeness (QED) is 0.819. The first-order valence-corrected chi connectivity index (χ1v) is 7.48. The zero-order valence-corrected chi connectivity index (χ0v) is 11.9. The number of benzene rings is 1. The number of hydrogen-bond donors (Lipinski definition) is 2. The minimum absolute atomic E-state index is 0.0393. The van der Waals surface area contributed by atoms with E-state index in [2.05, 4.69) is 12.2 Å². The van der Waals surface area contributed by atoms with E-state index in [1.807, 2.05) is 11.0 Å². The normalized spacial score (nSPS) is 26.1. The van der Waals surface area contributed by atoms with Crippen molar-refractivity contribution in [3.63, 3.8) is 0 Å². The molecule has 1 aromatic rings. The topological polar surface area (TPSA) is 52.6 Å². The van der Waals surface area contributed by atoms with Gasteiger partial charge >= 0.3 is 0 Å². The number of carbonyl (C=O) groups is 1. The average molecular weight is 274 g/mol. The number of piperidine rings is 1. The molecule has 0 bridgehead atoms. The van der Waals surface area contributed by atoms with Crippen molar-refractivity contribution < 1.29 is 9.90 Å². The van der Waals surface area contributed by atoms with E-state index in [1.54, 1.807) is 12.1 Å². The molecule has 3 rings (SSSR count). The van der Waals surface area contributed by atoms with Gasteiger partial charge in [-0.1, -0.05) is 13.0 Å². The molecule has 2 unspecified atom stereocenters. The molecule has 0 aromatic heterocycles. The Morgan fingerprint density at radius 3 is 3.05 bits per heavy atom. The van der Waals surface area contributed by atoms with Gasteiger partial charge in [-0.15, -0.1) is 0 Å². The monoisotopic (exact) mass is 274 g/mol. The zero-order chi connectivity index (χ0) is 14.1. The Hall–Kier alpha value is -1.55. The Kier molecular flexibility index (Phi) is 3.66. The average Bonchev–Trinajstić information content (AvgIpc) is 2.46. The lowest BCUT2D eigenvalue weighted by Crippen LogP contribution is -2.53. The van der Waals surface area contributed by atoms with Crippen LogP contribution in [-0.4, -0.2) is 35.0 Å². The molecule has 1 amide bonds. The molecule has 0 radical (unpaired) electrons. The number of phenols is 1. The number of phenolic OH excluding ortho intramolecular Hbond substituents is 1. The fourth-order valence-electron chi connectivity index (χ4n) is 3.31. The summed E-state index contributed by atoms with van der Waals surface area (Å²) in [5.74, 6) is 0.898. The first kappa shape index (κ1) is 13.4. The summed E-state index contributed by atoms with van der Waals surface area (Å²) in [7, 11) is 0. The van der Waals surface area contributed by atoms with Crippen molar-refractivity contribution in [3.8, 4) is 5.75 Å². The second-order valence-electron chi connectivity index (χ2n) is 6.01. The summed E-state index contributed by atoms with van der Waals surface area (Å²) in [6.07, 6.45) is 3.15. The molecular weight excluding hydrogens is 252 g/mol. The van der Waals surface area contributed by atoms with Crippen LogP contribution in [0.25, 0.3) is 0 Å². The molecule has 2 aliphatic heterocycles. The summed E-state index contributed by atoms with van der Waals surface area (Å²) in [4.78, 5) is 14.6. The zero-order valence-electron chi connectivity index (χ0n) is 11.9. The van der Waals surface area contributed by atoms with Crippen molar-refractivity contribution in [2.75, 3.05) is 13.1 Å². The Bertz CT molecular complexity index is 515. The third kappa shape index (κ3) is 2.52. The number of amides is 1. The molecule has 2 atom stereocenters. The first-order valence-electron chi connectivity index (χ1n) is 7.48. The van der Waals surface area contributed by atoms with Gasteiger partial charge in [0, 0.05) is 13.1 Å². The van der Waals surface area contributed by atoms with E-state index in [0.717, 1.165) is 37.9 Å². The van der Waals surface area contributed by atoms with Crippen LogP contribution in [0, 0.1) is 5.92 Å². The Morgan fingerprint density at radius 1 is 1.40 bits per heavy atom. The van der Waals surface area contributed by atoms with E-state index < -0.39 is 0 Å². The van der Waals surface area contributed by atoms with Crippen LogP contribution in [0.2, 0.25) is 0 Å². The van der Waals surface area contributed by atoms with Crippen LogP contribution in [0.1, 0.15) is 30.9 Å². The van der Waals surface area contributed by atoms with Crippen LogP contribution in [0.5, 0.6) is 5.75 Å². The number of aromatic hydroxyl groups is 1. The minimum atomic E-state index is -0.0393. The van der Waals surface area contributed by atoms with Gasteiger partial charge in [0.05, 0.1) is 6.04 Å². The van der Waals surface area contributed by atoms with Crippen molar-refractivity contribution in [3.05, 3.63) is 29.3 Å². The third-order valence-electron chi connectivity index (χ3n) is 4.55. The summed E-state index contributed by atoms with van der Waals surface area (Å²) in [6.45, 7) is 4.49. The van der Waals surface area contributed by atoms with Gasteiger partial charge in [0.15, 0.2) is 0 Å². The molecule has 0 saturated carbocycles. The van der Waals surface area contributed by atoms with E-state index in [4.69, 9.17) is 0 Å². The summed E-state index contributed by atoms with van der Waals surface area (Å²) < 4.78 is 0. The molecule has 0 aliphatic carbocycles. The van der Waals surface area contributed by atoms with Crippen LogP contribution in [0.15, 0.2) is 18.2 Å². The van der Waals surface area contributed by atoms with Crippen molar-refractivity contribution >= 4 is 5.91 Å². The number of fused-ring (bicyclic) bond motifs is 1. The maximum Gasteiger partial charge on any atom is 0.240 e. The van der Waals surface area contributed by atoms with Gasteiger partial charge < -0.3 is 15.3 Å². The van der Waals surface area contributed by atoms with Crippen LogP contribution in [0.4, 0.5) is 0 Å². The molecule has 1 saturated heterocycles.